The van der Waals surface area contributed by atoms with E-state index in [2.05, 4.69) is 10.1 Å². The van der Waals surface area contributed by atoms with E-state index in [4.69, 9.17) is 0 Å². The quantitative estimate of drug-likeness (QED) is 0.811. The number of hydrogen-bond donors (Lipinski definition) is 0. The van der Waals surface area contributed by atoms with Gasteiger partial charge in [0.15, 0.2) is 5.78 Å². The number of halogens is 3. The summed E-state index contributed by atoms with van der Waals surface area (Å²) < 4.78 is 39.3. The number of carbonyl (C=O) groups is 1. The van der Waals surface area contributed by atoms with Crippen LogP contribution in [0.15, 0.2) is 30.6 Å². The van der Waals surface area contributed by atoms with E-state index in [1.807, 2.05) is 6.92 Å². The maximum atomic E-state index is 12.6. The molecule has 2 aromatic rings. The van der Waals surface area contributed by atoms with Crippen LogP contribution in [-0.2, 0) is 19.1 Å². The summed E-state index contributed by atoms with van der Waals surface area (Å²) in [6.45, 7) is 2.39. The number of hydrogen-bond acceptors (Lipinski definition) is 3. The van der Waals surface area contributed by atoms with Gasteiger partial charge in [-0.25, -0.2) is 9.67 Å². The molecule has 0 bridgehead atoms. The van der Waals surface area contributed by atoms with Gasteiger partial charge in [0.25, 0.3) is 0 Å². The zero-order valence-corrected chi connectivity index (χ0v) is 10.7. The lowest BCUT2D eigenvalue weighted by Gasteiger charge is -2.08. The minimum absolute atomic E-state index is 0.0190. The van der Waals surface area contributed by atoms with Crippen LogP contribution in [0.5, 0.6) is 0 Å². The number of benzene rings is 1. The van der Waals surface area contributed by atoms with Crippen LogP contribution in [0.4, 0.5) is 13.2 Å². The summed E-state index contributed by atoms with van der Waals surface area (Å²) in [7, 11) is 0. The van der Waals surface area contributed by atoms with E-state index >= 15 is 0 Å². The number of Topliss-reactive ketones (excluding diaryl/α,β-unsaturated/α-hetero) is 1. The Morgan fingerprint density at radius 3 is 2.75 bits per heavy atom. The molecule has 0 aliphatic carbocycles. The van der Waals surface area contributed by atoms with Crippen LogP contribution in [0.2, 0.25) is 0 Å². The lowest BCUT2D eigenvalue weighted by Crippen LogP contribution is -2.12. The molecule has 2 rings (SSSR count). The third-order valence-corrected chi connectivity index (χ3v) is 2.83. The molecule has 106 valence electrons. The summed E-state index contributed by atoms with van der Waals surface area (Å²) >= 11 is 0. The number of rotatable bonds is 4. The molecule has 0 atom stereocenters. The Hall–Kier alpha value is -2.18. The summed E-state index contributed by atoms with van der Waals surface area (Å²) in [5, 5.41) is 3.91. The zero-order chi connectivity index (χ0) is 14.8. The van der Waals surface area contributed by atoms with Crippen LogP contribution < -0.4 is 0 Å². The van der Waals surface area contributed by atoms with E-state index in [0.29, 0.717) is 12.4 Å². The molecular formula is C13H12F3N3O. The van der Waals surface area contributed by atoms with E-state index < -0.39 is 17.5 Å². The normalized spacial score (nSPS) is 11.6. The van der Waals surface area contributed by atoms with Crippen LogP contribution in [0.25, 0.3) is 0 Å². The molecule has 1 aromatic heterocycles. The van der Waals surface area contributed by atoms with Gasteiger partial charge in [-0.3, -0.25) is 4.79 Å². The predicted octanol–water partition coefficient (Wildman–Crippen LogP) is 2.74. The van der Waals surface area contributed by atoms with Gasteiger partial charge in [-0.15, -0.1) is 0 Å². The SMILES string of the molecule is CCn1ncnc1CC(=O)c1cccc(C(F)(F)F)c1. The smallest absolute Gasteiger partial charge is 0.294 e. The first kappa shape index (κ1) is 14.2. The van der Waals surface area contributed by atoms with E-state index in [9.17, 15) is 18.0 Å². The fourth-order valence-corrected chi connectivity index (χ4v) is 1.80. The Kier molecular flexibility index (Phi) is 3.87. The summed E-state index contributed by atoms with van der Waals surface area (Å²) in [4.78, 5) is 15.9. The Balaban J connectivity index is 2.22. The summed E-state index contributed by atoms with van der Waals surface area (Å²) in [5.74, 6) is 0.0220. The van der Waals surface area contributed by atoms with Crippen molar-refractivity contribution in [3.8, 4) is 0 Å². The Labute approximate surface area is 113 Å². The van der Waals surface area contributed by atoms with Crippen molar-refractivity contribution in [1.29, 1.82) is 0 Å². The second kappa shape index (κ2) is 5.44. The zero-order valence-electron chi connectivity index (χ0n) is 10.7. The molecule has 0 fully saturated rings. The molecule has 1 heterocycles. The van der Waals surface area contributed by atoms with Crippen LogP contribution in [0.3, 0.4) is 0 Å². The fourth-order valence-electron chi connectivity index (χ4n) is 1.80. The van der Waals surface area contributed by atoms with Gasteiger partial charge < -0.3 is 0 Å². The third kappa shape index (κ3) is 3.04. The van der Waals surface area contributed by atoms with Crippen molar-refractivity contribution in [3.63, 3.8) is 0 Å². The first-order valence-electron chi connectivity index (χ1n) is 5.99. The number of ketones is 1. The average molecular weight is 283 g/mol. The lowest BCUT2D eigenvalue weighted by atomic mass is 10.0. The van der Waals surface area contributed by atoms with Crippen molar-refractivity contribution in [3.05, 3.63) is 47.5 Å². The van der Waals surface area contributed by atoms with Crippen molar-refractivity contribution in [2.24, 2.45) is 0 Å². The van der Waals surface area contributed by atoms with Gasteiger partial charge in [0, 0.05) is 12.1 Å². The second-order valence-electron chi connectivity index (χ2n) is 4.17. The van der Waals surface area contributed by atoms with E-state index in [1.165, 1.54) is 23.1 Å². The molecule has 0 saturated heterocycles. The van der Waals surface area contributed by atoms with Gasteiger partial charge in [-0.1, -0.05) is 12.1 Å². The minimum atomic E-state index is -4.46. The topological polar surface area (TPSA) is 47.8 Å². The molecule has 0 amide bonds. The van der Waals surface area contributed by atoms with Crippen molar-refractivity contribution in [2.75, 3.05) is 0 Å². The van der Waals surface area contributed by atoms with E-state index in [-0.39, 0.29) is 12.0 Å². The molecule has 7 heteroatoms. The van der Waals surface area contributed by atoms with Crippen LogP contribution in [0.1, 0.15) is 28.7 Å². The average Bonchev–Trinajstić information content (AvgIpc) is 2.85. The molecule has 0 aliphatic heterocycles. The minimum Gasteiger partial charge on any atom is -0.294 e. The Morgan fingerprint density at radius 2 is 2.10 bits per heavy atom. The van der Waals surface area contributed by atoms with Gasteiger partial charge in [-0.2, -0.15) is 18.3 Å². The standard InChI is InChI=1S/C13H12F3N3O/c1-2-19-12(17-8-18-19)7-11(20)9-4-3-5-10(6-9)13(14,15)16/h3-6,8H,2,7H2,1H3. The van der Waals surface area contributed by atoms with Crippen molar-refractivity contribution in [1.82, 2.24) is 14.8 Å². The van der Waals surface area contributed by atoms with Crippen LogP contribution in [0, 0.1) is 0 Å². The molecule has 0 radical (unpaired) electrons. The molecule has 4 nitrogen and oxygen atoms in total. The Bertz CT molecular complexity index is 619. The second-order valence-corrected chi connectivity index (χ2v) is 4.17. The molecule has 0 aliphatic rings. The number of aryl methyl sites for hydroxylation is 1. The van der Waals surface area contributed by atoms with E-state index in [1.54, 1.807) is 0 Å². The van der Waals surface area contributed by atoms with Crippen molar-refractivity contribution in [2.45, 2.75) is 26.1 Å². The lowest BCUT2D eigenvalue weighted by molar-refractivity contribution is -0.137. The highest BCUT2D eigenvalue weighted by molar-refractivity contribution is 5.97. The summed E-state index contributed by atoms with van der Waals surface area (Å²) in [6.07, 6.45) is -3.22. The largest absolute Gasteiger partial charge is 0.416 e. The highest BCUT2D eigenvalue weighted by Crippen LogP contribution is 2.29. The van der Waals surface area contributed by atoms with Crippen molar-refractivity contribution < 1.29 is 18.0 Å². The van der Waals surface area contributed by atoms with Crippen LogP contribution in [-0.4, -0.2) is 20.5 Å². The highest BCUT2D eigenvalue weighted by atomic mass is 19.4. The molecule has 0 saturated carbocycles. The summed E-state index contributed by atoms with van der Waals surface area (Å²) in [6, 6.07) is 4.38. The number of alkyl halides is 3. The first-order valence-corrected chi connectivity index (χ1v) is 5.99. The van der Waals surface area contributed by atoms with Crippen molar-refractivity contribution >= 4 is 5.78 Å². The fraction of sp³-hybridized carbons (Fsp3) is 0.308. The van der Waals surface area contributed by atoms with Gasteiger partial charge in [-0.05, 0) is 19.1 Å². The van der Waals surface area contributed by atoms with Gasteiger partial charge >= 0.3 is 6.18 Å². The first-order chi connectivity index (χ1) is 9.41. The van der Waals surface area contributed by atoms with Gasteiger partial charge in [0.2, 0.25) is 0 Å². The summed E-state index contributed by atoms with van der Waals surface area (Å²) in [5.41, 5.74) is -0.814. The molecule has 0 spiro atoms. The van der Waals surface area contributed by atoms with E-state index in [0.717, 1.165) is 12.1 Å². The molecule has 20 heavy (non-hydrogen) atoms. The predicted molar refractivity (Wildman–Crippen MR) is 65.2 cm³/mol. The maximum Gasteiger partial charge on any atom is 0.416 e. The monoisotopic (exact) mass is 283 g/mol. The number of carbonyl (C=O) groups excluding carboxylic acids is 1. The van der Waals surface area contributed by atoms with Crippen LogP contribution >= 0.6 is 0 Å². The molecule has 1 aromatic carbocycles. The number of aromatic nitrogens is 3. The molecular weight excluding hydrogens is 271 g/mol. The molecule has 0 unspecified atom stereocenters. The maximum absolute atomic E-state index is 12.6. The Morgan fingerprint density at radius 1 is 1.35 bits per heavy atom. The van der Waals surface area contributed by atoms with Gasteiger partial charge in [0.1, 0.15) is 12.2 Å². The highest BCUT2D eigenvalue weighted by Gasteiger charge is 2.30. The van der Waals surface area contributed by atoms with Gasteiger partial charge in [0.05, 0.1) is 12.0 Å². The number of nitrogens with zero attached hydrogens (tertiary/aromatic N) is 3. The molecule has 0 N–H and O–H groups in total. The third-order valence-electron chi connectivity index (χ3n) is 2.83.